The molecule has 0 saturated heterocycles. The number of aromatic nitrogens is 1. The number of carbonyl (C=O) groups is 2. The van der Waals surface area contributed by atoms with Gasteiger partial charge in [-0.15, -0.1) is 0 Å². The molecule has 3 heterocycles. The van der Waals surface area contributed by atoms with Crippen molar-refractivity contribution < 1.29 is 18.4 Å². The van der Waals surface area contributed by atoms with Crippen molar-refractivity contribution in [2.45, 2.75) is 18.9 Å². The van der Waals surface area contributed by atoms with Gasteiger partial charge in [-0.1, -0.05) is 25.1 Å². The average molecular weight is 453 g/mol. The fraction of sp³-hybridized carbons (Fsp3) is 0.333. The summed E-state index contributed by atoms with van der Waals surface area (Å²) in [6.07, 6.45) is 3.32. The van der Waals surface area contributed by atoms with Gasteiger partial charge in [-0.3, -0.25) is 14.5 Å². The third kappa shape index (κ3) is 3.67. The fourth-order valence-corrected chi connectivity index (χ4v) is 4.53. The van der Waals surface area contributed by atoms with Crippen LogP contribution in [0, 0.1) is 11.9 Å². The second kappa shape index (κ2) is 8.73. The molecule has 0 spiro atoms. The first-order chi connectivity index (χ1) is 15.8. The summed E-state index contributed by atoms with van der Waals surface area (Å²) in [4.78, 5) is 37.4. The molecule has 1 unspecified atom stereocenters. The molecule has 2 aromatic rings. The molecule has 1 aromatic carbocycles. The van der Waals surface area contributed by atoms with Gasteiger partial charge in [0, 0.05) is 44.2 Å². The Labute approximate surface area is 190 Å². The minimum absolute atomic E-state index is 0.0360. The number of guanidine groups is 1. The second-order valence-electron chi connectivity index (χ2n) is 8.09. The van der Waals surface area contributed by atoms with Crippen molar-refractivity contribution in [1.29, 1.82) is 0 Å². The Morgan fingerprint density at radius 3 is 2.73 bits per heavy atom. The fourth-order valence-electron chi connectivity index (χ4n) is 4.53. The number of Topliss-reactive ketones (excluding diaryl/α,β-unsaturated/α-hetero) is 1. The molecule has 1 aromatic heterocycles. The molecule has 0 fully saturated rings. The van der Waals surface area contributed by atoms with E-state index in [0.717, 1.165) is 0 Å². The molecule has 2 aliphatic heterocycles. The van der Waals surface area contributed by atoms with E-state index in [1.165, 1.54) is 18.1 Å². The molecule has 2 aliphatic rings. The third-order valence-corrected chi connectivity index (χ3v) is 6.25. The lowest BCUT2D eigenvalue weighted by molar-refractivity contribution is -0.132. The van der Waals surface area contributed by atoms with Crippen LogP contribution in [0.5, 0.6) is 0 Å². The van der Waals surface area contributed by atoms with Gasteiger partial charge in [-0.05, 0) is 35.4 Å². The van der Waals surface area contributed by atoms with Crippen molar-refractivity contribution in [3.8, 4) is 11.1 Å². The standard InChI is InChI=1S/C24H25F2N5O2/c1-3-20(32)19-13-17(14-31(19)11-9-25)24(22(33)30(2)23(27)29-24)16-7-4-6-15(12-16)18-8-5-10-28-21(18)26/h4-8,10,12-13,17H,3,9,11,14H2,1-2H3,(H2,27,29)/t17?,24-/m0/s1. The van der Waals surface area contributed by atoms with E-state index in [-0.39, 0.29) is 42.7 Å². The van der Waals surface area contributed by atoms with E-state index < -0.39 is 24.1 Å². The lowest BCUT2D eigenvalue weighted by atomic mass is 9.77. The number of aliphatic imine (C=N–C) groups is 1. The third-order valence-electron chi connectivity index (χ3n) is 6.25. The van der Waals surface area contributed by atoms with Crippen molar-refractivity contribution in [1.82, 2.24) is 14.8 Å². The minimum Gasteiger partial charge on any atom is -0.369 e. The zero-order chi connectivity index (χ0) is 23.8. The number of hydrogen-bond acceptors (Lipinski definition) is 6. The second-order valence-corrected chi connectivity index (χ2v) is 8.09. The molecular formula is C24H25F2N5O2. The average Bonchev–Trinajstić information content (AvgIpc) is 3.34. The van der Waals surface area contributed by atoms with Crippen LogP contribution in [-0.2, 0) is 15.1 Å². The molecule has 33 heavy (non-hydrogen) atoms. The lowest BCUT2D eigenvalue weighted by Crippen LogP contribution is -2.46. The summed E-state index contributed by atoms with van der Waals surface area (Å²) in [5.41, 5.74) is 6.30. The summed E-state index contributed by atoms with van der Waals surface area (Å²) in [5.74, 6) is -1.66. The van der Waals surface area contributed by atoms with E-state index in [4.69, 9.17) is 5.73 Å². The SMILES string of the molecule is CCC(=O)C1=CC([C@]2(c3cccc(-c4cccnc4F)c3)N=C(N)N(C)C2=O)CN1CCF. The molecule has 2 atom stereocenters. The highest BCUT2D eigenvalue weighted by Crippen LogP contribution is 2.44. The van der Waals surface area contributed by atoms with Crippen LogP contribution in [0.3, 0.4) is 0 Å². The highest BCUT2D eigenvalue weighted by atomic mass is 19.1. The van der Waals surface area contributed by atoms with Crippen LogP contribution in [0.2, 0.25) is 0 Å². The van der Waals surface area contributed by atoms with Crippen molar-refractivity contribution in [2.24, 2.45) is 16.6 Å². The van der Waals surface area contributed by atoms with Gasteiger partial charge in [0.15, 0.2) is 17.3 Å². The molecule has 1 amide bonds. The van der Waals surface area contributed by atoms with Gasteiger partial charge in [-0.25, -0.2) is 14.4 Å². The van der Waals surface area contributed by atoms with E-state index in [9.17, 15) is 18.4 Å². The van der Waals surface area contributed by atoms with Crippen LogP contribution in [0.25, 0.3) is 11.1 Å². The number of rotatable bonds is 7. The van der Waals surface area contributed by atoms with Crippen molar-refractivity contribution in [3.63, 3.8) is 0 Å². The number of alkyl halides is 1. The largest absolute Gasteiger partial charge is 0.369 e. The number of hydrogen-bond donors (Lipinski definition) is 1. The first kappa shape index (κ1) is 22.6. The molecule has 0 saturated carbocycles. The lowest BCUT2D eigenvalue weighted by Gasteiger charge is -2.32. The Bertz CT molecular complexity index is 1170. The number of benzene rings is 1. The number of pyridine rings is 1. The molecule has 9 heteroatoms. The molecular weight excluding hydrogens is 428 g/mol. The van der Waals surface area contributed by atoms with Gasteiger partial charge in [-0.2, -0.15) is 4.39 Å². The monoisotopic (exact) mass is 453 g/mol. The summed E-state index contributed by atoms with van der Waals surface area (Å²) < 4.78 is 27.6. The highest BCUT2D eigenvalue weighted by Gasteiger charge is 2.55. The van der Waals surface area contributed by atoms with Crippen LogP contribution in [0.1, 0.15) is 18.9 Å². The van der Waals surface area contributed by atoms with Gasteiger partial charge in [0.05, 0.1) is 5.70 Å². The van der Waals surface area contributed by atoms with Gasteiger partial charge in [0.1, 0.15) is 6.67 Å². The maximum atomic E-state index is 14.4. The zero-order valence-corrected chi connectivity index (χ0v) is 18.5. The summed E-state index contributed by atoms with van der Waals surface area (Å²) in [6, 6.07) is 10.1. The summed E-state index contributed by atoms with van der Waals surface area (Å²) in [6.45, 7) is 1.36. The van der Waals surface area contributed by atoms with Crippen molar-refractivity contribution >= 4 is 17.6 Å². The first-order valence-corrected chi connectivity index (χ1v) is 10.7. The van der Waals surface area contributed by atoms with E-state index in [0.29, 0.717) is 16.8 Å². The van der Waals surface area contributed by atoms with Gasteiger partial charge in [0.25, 0.3) is 5.91 Å². The number of halogens is 2. The highest BCUT2D eigenvalue weighted by molar-refractivity contribution is 6.07. The Balaban J connectivity index is 1.87. The van der Waals surface area contributed by atoms with Gasteiger partial charge in [0.2, 0.25) is 5.95 Å². The van der Waals surface area contributed by atoms with Crippen LogP contribution >= 0.6 is 0 Å². The Hall–Kier alpha value is -3.62. The number of nitrogens with two attached hydrogens (primary N) is 1. The predicted octanol–water partition coefficient (Wildman–Crippen LogP) is 2.63. The maximum Gasteiger partial charge on any atom is 0.262 e. The van der Waals surface area contributed by atoms with Gasteiger partial charge < -0.3 is 10.6 Å². The normalized spacial score (nSPS) is 22.5. The molecule has 172 valence electrons. The van der Waals surface area contributed by atoms with E-state index in [2.05, 4.69) is 9.98 Å². The number of amides is 1. The summed E-state index contributed by atoms with van der Waals surface area (Å²) >= 11 is 0. The summed E-state index contributed by atoms with van der Waals surface area (Å²) in [7, 11) is 1.53. The minimum atomic E-state index is -1.46. The van der Waals surface area contributed by atoms with Crippen LogP contribution in [-0.4, -0.2) is 59.2 Å². The Morgan fingerprint density at radius 2 is 2.09 bits per heavy atom. The molecule has 4 rings (SSSR count). The number of carbonyl (C=O) groups excluding carboxylic acids is 2. The number of nitrogens with zero attached hydrogens (tertiary/aromatic N) is 4. The maximum absolute atomic E-state index is 14.4. The van der Waals surface area contributed by atoms with Crippen LogP contribution in [0.15, 0.2) is 59.4 Å². The smallest absolute Gasteiger partial charge is 0.262 e. The Morgan fingerprint density at radius 1 is 1.30 bits per heavy atom. The molecule has 0 radical (unpaired) electrons. The van der Waals surface area contributed by atoms with Crippen molar-refractivity contribution in [3.05, 3.63) is 65.9 Å². The van der Waals surface area contributed by atoms with E-state index in [1.807, 2.05) is 0 Å². The number of ketones is 1. The quantitative estimate of drug-likeness (QED) is 0.651. The molecule has 2 N–H and O–H groups in total. The Kier molecular flexibility index (Phi) is 5.97. The zero-order valence-electron chi connectivity index (χ0n) is 18.5. The topological polar surface area (TPSA) is 91.9 Å². The molecule has 0 bridgehead atoms. The first-order valence-electron chi connectivity index (χ1n) is 10.7. The number of allylic oxidation sites excluding steroid dienone is 1. The predicted molar refractivity (Wildman–Crippen MR) is 120 cm³/mol. The van der Waals surface area contributed by atoms with E-state index >= 15 is 0 Å². The van der Waals surface area contributed by atoms with Crippen molar-refractivity contribution in [2.75, 3.05) is 26.8 Å². The molecule has 0 aliphatic carbocycles. The number of likely N-dealkylation sites (N-methyl/N-ethyl adjacent to an activating group) is 1. The van der Waals surface area contributed by atoms with Crippen LogP contribution in [0.4, 0.5) is 8.78 Å². The van der Waals surface area contributed by atoms with Gasteiger partial charge >= 0.3 is 0 Å². The van der Waals surface area contributed by atoms with E-state index in [1.54, 1.807) is 54.3 Å². The van der Waals surface area contributed by atoms with Crippen LogP contribution < -0.4 is 5.73 Å². The summed E-state index contributed by atoms with van der Waals surface area (Å²) in [5, 5.41) is 0. The molecule has 7 nitrogen and oxygen atoms in total.